The smallest absolute Gasteiger partial charge is 0.244 e. The van der Waals surface area contributed by atoms with Crippen LogP contribution < -0.4 is 9.62 Å². The van der Waals surface area contributed by atoms with E-state index in [0.717, 1.165) is 38.4 Å². The first-order chi connectivity index (χ1) is 18.7. The number of sulfonamides is 1. The number of carbonyl (C=O) groups is 2. The summed E-state index contributed by atoms with van der Waals surface area (Å²) < 4.78 is 27.2. The van der Waals surface area contributed by atoms with Crippen LogP contribution >= 0.6 is 0 Å². The molecule has 0 fully saturated rings. The van der Waals surface area contributed by atoms with E-state index in [0.29, 0.717) is 5.69 Å². The summed E-state index contributed by atoms with van der Waals surface area (Å²) in [6, 6.07) is 21.9. The molecule has 7 nitrogen and oxygen atoms in total. The normalized spacial score (nSPS) is 12.5. The molecule has 1 N–H and O–H groups in total. The number of aryl methyl sites for hydroxylation is 3. The molecule has 1 atom stereocenters. The van der Waals surface area contributed by atoms with Crippen molar-refractivity contribution in [2.24, 2.45) is 0 Å². The van der Waals surface area contributed by atoms with Gasteiger partial charge in [-0.05, 0) is 75.4 Å². The van der Waals surface area contributed by atoms with Crippen LogP contribution in [-0.4, -0.2) is 49.5 Å². The van der Waals surface area contributed by atoms with E-state index in [4.69, 9.17) is 0 Å². The van der Waals surface area contributed by atoms with Crippen molar-refractivity contribution in [2.75, 3.05) is 17.1 Å². The Morgan fingerprint density at radius 2 is 1.50 bits per heavy atom. The number of nitrogens with zero attached hydrogens (tertiary/aromatic N) is 2. The molecule has 2 amide bonds. The van der Waals surface area contributed by atoms with Crippen LogP contribution in [0.2, 0.25) is 0 Å². The molecule has 3 rings (SSSR count). The Kier molecular flexibility index (Phi) is 9.79. The van der Waals surface area contributed by atoms with Crippen molar-refractivity contribution in [1.82, 2.24) is 10.2 Å². The summed E-state index contributed by atoms with van der Waals surface area (Å²) in [6.45, 7) is 11.1. The molecule has 0 radical (unpaired) electrons. The maximum atomic E-state index is 14.2. The summed E-state index contributed by atoms with van der Waals surface area (Å²) in [5, 5.41) is 3.04. The summed E-state index contributed by atoms with van der Waals surface area (Å²) in [7, 11) is -3.82. The molecule has 40 heavy (non-hydrogen) atoms. The van der Waals surface area contributed by atoms with Crippen molar-refractivity contribution < 1.29 is 18.0 Å². The maximum absolute atomic E-state index is 14.2. The minimum Gasteiger partial charge on any atom is -0.350 e. The highest BCUT2D eigenvalue weighted by Gasteiger charge is 2.34. The number of benzene rings is 3. The SMILES string of the molecule is Cc1ccc(C)c(N(CC(=O)N(Cc2ccccc2C)[C@H](Cc2ccccc2)C(=O)NC(C)(C)C)S(C)(=O)=O)c1. The van der Waals surface area contributed by atoms with E-state index in [1.165, 1.54) is 4.90 Å². The fraction of sp³-hybridized carbons (Fsp3) is 0.375. The fourth-order valence-electron chi connectivity index (χ4n) is 4.56. The van der Waals surface area contributed by atoms with Gasteiger partial charge in [0.15, 0.2) is 0 Å². The molecule has 0 bridgehead atoms. The van der Waals surface area contributed by atoms with Gasteiger partial charge in [-0.25, -0.2) is 8.42 Å². The largest absolute Gasteiger partial charge is 0.350 e. The molecule has 0 saturated carbocycles. The van der Waals surface area contributed by atoms with Gasteiger partial charge in [0, 0.05) is 18.5 Å². The highest BCUT2D eigenvalue weighted by atomic mass is 32.2. The monoisotopic (exact) mass is 563 g/mol. The van der Waals surface area contributed by atoms with Crippen LogP contribution in [0.5, 0.6) is 0 Å². The summed E-state index contributed by atoms with van der Waals surface area (Å²) in [5.74, 6) is -0.754. The first-order valence-corrected chi connectivity index (χ1v) is 15.3. The number of nitrogens with one attached hydrogen (secondary N) is 1. The molecular formula is C32H41N3O4S. The Morgan fingerprint density at radius 3 is 2.10 bits per heavy atom. The maximum Gasteiger partial charge on any atom is 0.244 e. The van der Waals surface area contributed by atoms with E-state index >= 15 is 0 Å². The second kappa shape index (κ2) is 12.7. The van der Waals surface area contributed by atoms with E-state index < -0.39 is 34.1 Å². The van der Waals surface area contributed by atoms with Crippen molar-refractivity contribution >= 4 is 27.5 Å². The highest BCUT2D eigenvalue weighted by molar-refractivity contribution is 7.92. The van der Waals surface area contributed by atoms with E-state index in [2.05, 4.69) is 5.32 Å². The molecule has 3 aromatic rings. The second-order valence-electron chi connectivity index (χ2n) is 11.5. The minimum atomic E-state index is -3.82. The van der Waals surface area contributed by atoms with Gasteiger partial charge in [0.05, 0.1) is 11.9 Å². The van der Waals surface area contributed by atoms with E-state index in [-0.39, 0.29) is 18.9 Å². The molecule has 8 heteroatoms. The minimum absolute atomic E-state index is 0.158. The summed E-state index contributed by atoms with van der Waals surface area (Å²) in [6.07, 6.45) is 1.38. The molecular weight excluding hydrogens is 522 g/mol. The lowest BCUT2D eigenvalue weighted by Crippen LogP contribution is -2.56. The van der Waals surface area contributed by atoms with Crippen molar-refractivity contribution in [1.29, 1.82) is 0 Å². The third-order valence-electron chi connectivity index (χ3n) is 6.68. The van der Waals surface area contributed by atoms with Gasteiger partial charge >= 0.3 is 0 Å². The molecule has 3 aromatic carbocycles. The van der Waals surface area contributed by atoms with Gasteiger partial charge in [0.25, 0.3) is 0 Å². The van der Waals surface area contributed by atoms with E-state index in [1.807, 2.05) is 108 Å². The third-order valence-corrected chi connectivity index (χ3v) is 7.81. The van der Waals surface area contributed by atoms with Gasteiger partial charge in [-0.15, -0.1) is 0 Å². The van der Waals surface area contributed by atoms with Gasteiger partial charge in [-0.2, -0.15) is 0 Å². The molecule has 0 heterocycles. The lowest BCUT2D eigenvalue weighted by molar-refractivity contribution is -0.140. The zero-order valence-corrected chi connectivity index (χ0v) is 25.4. The standard InChI is InChI=1S/C32H41N3O4S/c1-23-17-18-25(3)28(19-23)35(40(7,38)39)22-30(36)34(21-27-16-12-11-13-24(27)2)29(31(37)33-32(4,5)6)20-26-14-9-8-10-15-26/h8-19,29H,20-22H2,1-7H3,(H,33,37)/t29-/m1/s1. The highest BCUT2D eigenvalue weighted by Crippen LogP contribution is 2.25. The molecule has 0 aromatic heterocycles. The number of anilines is 1. The first-order valence-electron chi connectivity index (χ1n) is 13.4. The lowest BCUT2D eigenvalue weighted by Gasteiger charge is -2.35. The predicted octanol–water partition coefficient (Wildman–Crippen LogP) is 4.93. The first kappa shape index (κ1) is 30.9. The van der Waals surface area contributed by atoms with Crippen molar-refractivity contribution in [3.8, 4) is 0 Å². The number of hydrogen-bond donors (Lipinski definition) is 1. The molecule has 0 aliphatic heterocycles. The van der Waals surface area contributed by atoms with Crippen molar-refractivity contribution in [2.45, 2.75) is 66.1 Å². The van der Waals surface area contributed by atoms with Crippen molar-refractivity contribution in [3.05, 3.63) is 101 Å². The Hall–Kier alpha value is -3.65. The average molecular weight is 564 g/mol. The number of hydrogen-bond acceptors (Lipinski definition) is 4. The van der Waals surface area contributed by atoms with E-state index in [9.17, 15) is 18.0 Å². The zero-order valence-electron chi connectivity index (χ0n) is 24.6. The molecule has 0 aliphatic carbocycles. The Morgan fingerprint density at radius 1 is 0.875 bits per heavy atom. The average Bonchev–Trinajstić information content (AvgIpc) is 2.86. The lowest BCUT2D eigenvalue weighted by atomic mass is 10.00. The van der Waals surface area contributed by atoms with Crippen molar-refractivity contribution in [3.63, 3.8) is 0 Å². The predicted molar refractivity (Wildman–Crippen MR) is 162 cm³/mol. The molecule has 0 unspecified atom stereocenters. The van der Waals surface area contributed by atoms with Gasteiger partial charge in [-0.1, -0.05) is 66.7 Å². The summed E-state index contributed by atoms with van der Waals surface area (Å²) in [5.41, 5.74) is 4.30. The molecule has 214 valence electrons. The van der Waals surface area contributed by atoms with Crippen LogP contribution in [0.3, 0.4) is 0 Å². The number of rotatable bonds is 10. The quantitative estimate of drug-likeness (QED) is 0.379. The molecule has 0 saturated heterocycles. The summed E-state index contributed by atoms with van der Waals surface area (Å²) in [4.78, 5) is 29.6. The molecule has 0 spiro atoms. The Labute approximate surface area is 239 Å². The number of carbonyl (C=O) groups excluding carboxylic acids is 2. The third kappa shape index (κ3) is 8.42. The van der Waals surface area contributed by atoms with Gasteiger partial charge in [0.1, 0.15) is 12.6 Å². The Balaban J connectivity index is 2.11. The van der Waals surface area contributed by atoms with Crippen LogP contribution in [0.4, 0.5) is 5.69 Å². The second-order valence-corrected chi connectivity index (χ2v) is 13.4. The van der Waals surface area contributed by atoms with Crippen LogP contribution in [0.25, 0.3) is 0 Å². The number of amides is 2. The van der Waals surface area contributed by atoms with Crippen LogP contribution in [-0.2, 0) is 32.6 Å². The van der Waals surface area contributed by atoms with Crippen LogP contribution in [0.1, 0.15) is 48.6 Å². The van der Waals surface area contributed by atoms with Gasteiger partial charge < -0.3 is 10.2 Å². The fourth-order valence-corrected chi connectivity index (χ4v) is 5.46. The van der Waals surface area contributed by atoms with Gasteiger partial charge in [0.2, 0.25) is 21.8 Å². The summed E-state index contributed by atoms with van der Waals surface area (Å²) >= 11 is 0. The van der Waals surface area contributed by atoms with Gasteiger partial charge in [-0.3, -0.25) is 13.9 Å². The van der Waals surface area contributed by atoms with Crippen LogP contribution in [0.15, 0.2) is 72.8 Å². The Bertz CT molecular complexity index is 1450. The topological polar surface area (TPSA) is 86.8 Å². The zero-order chi connectivity index (χ0) is 29.7. The van der Waals surface area contributed by atoms with E-state index in [1.54, 1.807) is 6.07 Å². The molecule has 0 aliphatic rings. The van der Waals surface area contributed by atoms with Crippen LogP contribution in [0, 0.1) is 20.8 Å².